The van der Waals surface area contributed by atoms with E-state index in [0.717, 1.165) is 5.56 Å². The standard InChI is InChI=1S/C29H27ClN4O5S/c1-17(2)25(28(36)38-3)34-26(35)23-16-40-27(32-23)18-9-12-20(13-10-18)31-29(37)33-22-14-11-19(30)15-24(22)39-21-7-5-4-6-8-21/h4-17,25H,1-3H3,(H,34,35)(H2,31,33,37)/t25-/m0/s1. The van der Waals surface area contributed by atoms with E-state index in [9.17, 15) is 14.4 Å². The van der Waals surface area contributed by atoms with Crippen LogP contribution in [0.2, 0.25) is 5.02 Å². The molecule has 1 heterocycles. The number of methoxy groups -OCH3 is 1. The van der Waals surface area contributed by atoms with Crippen molar-refractivity contribution in [2.75, 3.05) is 17.7 Å². The Morgan fingerprint density at radius 1 is 0.950 bits per heavy atom. The molecular weight excluding hydrogens is 552 g/mol. The first-order chi connectivity index (χ1) is 19.2. The molecule has 9 nitrogen and oxygen atoms in total. The Hall–Kier alpha value is -4.41. The van der Waals surface area contributed by atoms with E-state index in [2.05, 4.69) is 20.9 Å². The van der Waals surface area contributed by atoms with Crippen LogP contribution in [0.15, 0.2) is 78.2 Å². The number of carbonyl (C=O) groups is 3. The second-order valence-electron chi connectivity index (χ2n) is 8.97. The van der Waals surface area contributed by atoms with Gasteiger partial charge in [0.15, 0.2) is 5.75 Å². The van der Waals surface area contributed by atoms with Crippen LogP contribution in [0.4, 0.5) is 16.2 Å². The van der Waals surface area contributed by atoms with Crippen molar-refractivity contribution in [3.8, 4) is 22.1 Å². The minimum absolute atomic E-state index is 0.144. The van der Waals surface area contributed by atoms with Crippen LogP contribution in [-0.2, 0) is 9.53 Å². The van der Waals surface area contributed by atoms with Gasteiger partial charge in [0.1, 0.15) is 22.5 Å². The van der Waals surface area contributed by atoms with E-state index < -0.39 is 23.9 Å². The van der Waals surface area contributed by atoms with Crippen molar-refractivity contribution in [1.82, 2.24) is 10.3 Å². The van der Waals surface area contributed by atoms with Crippen LogP contribution >= 0.6 is 22.9 Å². The van der Waals surface area contributed by atoms with Crippen LogP contribution in [0.25, 0.3) is 10.6 Å². The first kappa shape index (κ1) is 28.6. The number of para-hydroxylation sites is 1. The first-order valence-electron chi connectivity index (χ1n) is 12.3. The van der Waals surface area contributed by atoms with Gasteiger partial charge < -0.3 is 25.4 Å². The molecule has 0 fully saturated rings. The number of benzene rings is 3. The van der Waals surface area contributed by atoms with Gasteiger partial charge in [-0.25, -0.2) is 14.6 Å². The quantitative estimate of drug-likeness (QED) is 0.187. The molecule has 0 unspecified atom stereocenters. The number of aromatic nitrogens is 1. The van der Waals surface area contributed by atoms with Crippen LogP contribution in [0.3, 0.4) is 0 Å². The van der Waals surface area contributed by atoms with E-state index >= 15 is 0 Å². The molecule has 3 aromatic carbocycles. The van der Waals surface area contributed by atoms with Gasteiger partial charge in [-0.2, -0.15) is 0 Å². The summed E-state index contributed by atoms with van der Waals surface area (Å²) in [5, 5.41) is 11.0. The van der Waals surface area contributed by atoms with E-state index in [1.165, 1.54) is 18.4 Å². The third kappa shape index (κ3) is 7.37. The van der Waals surface area contributed by atoms with Gasteiger partial charge in [0.2, 0.25) is 0 Å². The third-order valence-corrected chi connectivity index (χ3v) is 6.82. The van der Waals surface area contributed by atoms with E-state index in [-0.39, 0.29) is 11.6 Å². The fraction of sp³-hybridized carbons (Fsp3) is 0.172. The van der Waals surface area contributed by atoms with Crippen molar-refractivity contribution < 1.29 is 23.9 Å². The molecule has 0 bridgehead atoms. The van der Waals surface area contributed by atoms with Gasteiger partial charge in [-0.05, 0) is 54.4 Å². The number of hydrogen-bond acceptors (Lipinski definition) is 7. The molecule has 3 N–H and O–H groups in total. The number of thiazole rings is 1. The van der Waals surface area contributed by atoms with Crippen LogP contribution in [0.5, 0.6) is 11.5 Å². The number of nitrogens with zero attached hydrogens (tertiary/aromatic N) is 1. The summed E-state index contributed by atoms with van der Waals surface area (Å²) < 4.78 is 10.7. The number of amides is 3. The summed E-state index contributed by atoms with van der Waals surface area (Å²) >= 11 is 7.43. The van der Waals surface area contributed by atoms with Crippen molar-refractivity contribution >= 4 is 52.2 Å². The molecule has 0 saturated heterocycles. The predicted molar refractivity (Wildman–Crippen MR) is 156 cm³/mol. The average Bonchev–Trinajstić information content (AvgIpc) is 3.44. The second kappa shape index (κ2) is 13.1. The summed E-state index contributed by atoms with van der Waals surface area (Å²) in [6.45, 7) is 3.63. The minimum atomic E-state index is -0.770. The minimum Gasteiger partial charge on any atom is -0.467 e. The molecule has 1 aromatic heterocycles. The van der Waals surface area contributed by atoms with Gasteiger partial charge in [-0.1, -0.05) is 43.6 Å². The zero-order valence-corrected chi connectivity index (χ0v) is 23.5. The summed E-state index contributed by atoms with van der Waals surface area (Å²) in [6.07, 6.45) is 0. The highest BCUT2D eigenvalue weighted by Crippen LogP contribution is 2.32. The Balaban J connectivity index is 1.39. The van der Waals surface area contributed by atoms with E-state index in [4.69, 9.17) is 21.1 Å². The summed E-state index contributed by atoms with van der Waals surface area (Å²) in [5.74, 6) is -0.107. The second-order valence-corrected chi connectivity index (χ2v) is 10.3. The van der Waals surface area contributed by atoms with Gasteiger partial charge in [0.25, 0.3) is 5.91 Å². The molecule has 3 amide bonds. The molecule has 0 radical (unpaired) electrons. The molecule has 4 rings (SSSR count). The summed E-state index contributed by atoms with van der Waals surface area (Å²) in [5.41, 5.74) is 1.96. The number of halogens is 1. The SMILES string of the molecule is COC(=O)[C@@H](NC(=O)c1csc(-c2ccc(NC(=O)Nc3ccc(Cl)cc3Oc3ccccc3)cc2)n1)C(C)C. The van der Waals surface area contributed by atoms with Crippen LogP contribution in [-0.4, -0.2) is 36.0 Å². The predicted octanol–water partition coefficient (Wildman–Crippen LogP) is 6.83. The van der Waals surface area contributed by atoms with Crippen molar-refractivity contribution in [2.45, 2.75) is 19.9 Å². The molecule has 4 aromatic rings. The zero-order valence-electron chi connectivity index (χ0n) is 21.9. The molecule has 0 spiro atoms. The van der Waals surface area contributed by atoms with Crippen molar-refractivity contribution in [1.29, 1.82) is 0 Å². The lowest BCUT2D eigenvalue weighted by molar-refractivity contribution is -0.144. The molecule has 11 heteroatoms. The number of rotatable bonds is 9. The van der Waals surface area contributed by atoms with Crippen LogP contribution < -0.4 is 20.7 Å². The highest BCUT2D eigenvalue weighted by atomic mass is 35.5. The normalized spacial score (nSPS) is 11.4. The maximum atomic E-state index is 12.7. The maximum absolute atomic E-state index is 12.7. The molecule has 0 aliphatic heterocycles. The van der Waals surface area contributed by atoms with Gasteiger partial charge in [-0.3, -0.25) is 4.79 Å². The smallest absolute Gasteiger partial charge is 0.328 e. The fourth-order valence-electron chi connectivity index (χ4n) is 3.63. The third-order valence-electron chi connectivity index (χ3n) is 5.70. The van der Waals surface area contributed by atoms with Crippen molar-refractivity contribution in [3.05, 3.63) is 88.9 Å². The summed E-state index contributed by atoms with van der Waals surface area (Å²) in [6, 6.07) is 19.9. The Morgan fingerprint density at radius 3 is 2.35 bits per heavy atom. The molecule has 1 atom stereocenters. The number of hydrogen-bond donors (Lipinski definition) is 3. The van der Waals surface area contributed by atoms with Gasteiger partial charge in [0.05, 0.1) is 12.8 Å². The Bertz CT molecular complexity index is 1490. The number of anilines is 2. The summed E-state index contributed by atoms with van der Waals surface area (Å²) in [7, 11) is 1.28. The maximum Gasteiger partial charge on any atom is 0.328 e. The number of carbonyl (C=O) groups excluding carboxylic acids is 3. The number of nitrogens with one attached hydrogen (secondary N) is 3. The topological polar surface area (TPSA) is 119 Å². The molecule has 0 saturated carbocycles. The Kier molecular flexibility index (Phi) is 9.36. The van der Waals surface area contributed by atoms with Crippen LogP contribution in [0, 0.1) is 5.92 Å². The monoisotopic (exact) mass is 578 g/mol. The lowest BCUT2D eigenvalue weighted by atomic mass is 10.0. The first-order valence-corrected chi connectivity index (χ1v) is 13.5. The number of esters is 1. The average molecular weight is 579 g/mol. The molecule has 206 valence electrons. The van der Waals surface area contributed by atoms with E-state index in [1.807, 2.05) is 32.0 Å². The fourth-order valence-corrected chi connectivity index (χ4v) is 4.60. The molecule has 0 aliphatic rings. The zero-order chi connectivity index (χ0) is 28.6. The van der Waals surface area contributed by atoms with Gasteiger partial charge in [0, 0.05) is 27.7 Å². The van der Waals surface area contributed by atoms with Gasteiger partial charge >= 0.3 is 12.0 Å². The lowest BCUT2D eigenvalue weighted by Gasteiger charge is -2.19. The van der Waals surface area contributed by atoms with Crippen molar-refractivity contribution in [2.24, 2.45) is 5.92 Å². The van der Waals surface area contributed by atoms with Gasteiger partial charge in [-0.15, -0.1) is 11.3 Å². The highest BCUT2D eigenvalue weighted by molar-refractivity contribution is 7.13. The van der Waals surface area contributed by atoms with E-state index in [0.29, 0.717) is 32.9 Å². The number of urea groups is 1. The number of ether oxygens (including phenoxy) is 2. The summed E-state index contributed by atoms with van der Waals surface area (Å²) in [4.78, 5) is 41.7. The molecule has 40 heavy (non-hydrogen) atoms. The lowest BCUT2D eigenvalue weighted by Crippen LogP contribution is -2.45. The van der Waals surface area contributed by atoms with Crippen LogP contribution in [0.1, 0.15) is 24.3 Å². The van der Waals surface area contributed by atoms with E-state index in [1.54, 1.807) is 60.0 Å². The Morgan fingerprint density at radius 2 is 1.68 bits per heavy atom. The molecular formula is C29H27ClN4O5S. The Labute approximate surface area is 240 Å². The largest absolute Gasteiger partial charge is 0.467 e. The van der Waals surface area contributed by atoms with Crippen molar-refractivity contribution in [3.63, 3.8) is 0 Å². The highest BCUT2D eigenvalue weighted by Gasteiger charge is 2.26. The molecule has 0 aliphatic carbocycles.